The lowest BCUT2D eigenvalue weighted by Crippen LogP contribution is -2.36. The molecule has 3 aromatic heterocycles. The fraction of sp³-hybridized carbons (Fsp3) is 0.318. The molecule has 0 radical (unpaired) electrons. The highest BCUT2D eigenvalue weighted by Gasteiger charge is 2.26. The molecule has 0 N–H and O–H groups in total. The van der Waals surface area contributed by atoms with Gasteiger partial charge in [-0.25, -0.2) is 4.98 Å². The Kier molecular flexibility index (Phi) is 5.49. The van der Waals surface area contributed by atoms with Crippen LogP contribution >= 0.6 is 11.6 Å². The van der Waals surface area contributed by atoms with Gasteiger partial charge in [-0.15, -0.1) is 10.2 Å². The monoisotopic (exact) mass is 438 g/mol. The van der Waals surface area contributed by atoms with E-state index in [1.807, 2.05) is 52.9 Å². The molecule has 31 heavy (non-hydrogen) atoms. The Labute approximate surface area is 184 Å². The van der Waals surface area contributed by atoms with Crippen molar-refractivity contribution in [3.8, 4) is 11.5 Å². The van der Waals surface area contributed by atoms with Crippen molar-refractivity contribution >= 4 is 28.5 Å². The lowest BCUT2D eigenvalue weighted by atomic mass is 10.1. The molecule has 0 aliphatic rings. The summed E-state index contributed by atoms with van der Waals surface area (Å²) >= 11 is 6.24. The fourth-order valence-corrected chi connectivity index (χ4v) is 3.81. The zero-order valence-electron chi connectivity index (χ0n) is 18.0. The number of amides is 1. The van der Waals surface area contributed by atoms with Crippen molar-refractivity contribution in [1.82, 2.24) is 29.9 Å². The van der Waals surface area contributed by atoms with Crippen molar-refractivity contribution in [2.45, 2.75) is 40.3 Å². The minimum absolute atomic E-state index is 0.0938. The number of hydrogen-bond donors (Lipinski definition) is 0. The van der Waals surface area contributed by atoms with Crippen LogP contribution in [0.1, 0.15) is 41.5 Å². The van der Waals surface area contributed by atoms with Gasteiger partial charge in [-0.1, -0.05) is 23.7 Å². The molecule has 0 fully saturated rings. The van der Waals surface area contributed by atoms with Crippen molar-refractivity contribution < 1.29 is 9.21 Å². The van der Waals surface area contributed by atoms with Crippen LogP contribution < -0.4 is 0 Å². The van der Waals surface area contributed by atoms with E-state index in [4.69, 9.17) is 16.0 Å². The van der Waals surface area contributed by atoms with Crippen LogP contribution in [-0.2, 0) is 13.6 Å². The van der Waals surface area contributed by atoms with Crippen LogP contribution in [0.5, 0.6) is 0 Å². The van der Waals surface area contributed by atoms with E-state index in [1.54, 1.807) is 21.7 Å². The second-order valence-corrected chi connectivity index (χ2v) is 8.13. The highest BCUT2D eigenvalue weighted by atomic mass is 35.5. The fourth-order valence-electron chi connectivity index (χ4n) is 3.59. The minimum atomic E-state index is -0.140. The van der Waals surface area contributed by atoms with Gasteiger partial charge in [0.2, 0.25) is 11.8 Å². The summed E-state index contributed by atoms with van der Waals surface area (Å²) < 4.78 is 7.52. The number of hydrogen-bond acceptors (Lipinski definition) is 6. The van der Waals surface area contributed by atoms with Crippen molar-refractivity contribution in [3.05, 3.63) is 58.2 Å². The summed E-state index contributed by atoms with van der Waals surface area (Å²) in [5, 5.41) is 14.0. The zero-order chi connectivity index (χ0) is 22.3. The standard InChI is InChI=1S/C22H23ClN6O2/c1-12(2)29(11-18-25-26-21(31-18)15-8-6-7-9-17(15)23)22(30)16-10-13(3)24-20-19(16)14(4)27-28(20)5/h6-10,12H,11H2,1-5H3. The number of nitrogens with zero attached hydrogens (tertiary/aromatic N) is 6. The van der Waals surface area contributed by atoms with Gasteiger partial charge in [-0.2, -0.15) is 5.10 Å². The molecule has 0 saturated carbocycles. The highest BCUT2D eigenvalue weighted by Crippen LogP contribution is 2.28. The Balaban J connectivity index is 1.69. The Morgan fingerprint density at radius 2 is 1.97 bits per heavy atom. The molecule has 8 nitrogen and oxygen atoms in total. The van der Waals surface area contributed by atoms with Gasteiger partial charge in [0.25, 0.3) is 5.91 Å². The number of aromatic nitrogens is 5. The van der Waals surface area contributed by atoms with Crippen LogP contribution in [0.15, 0.2) is 34.7 Å². The summed E-state index contributed by atoms with van der Waals surface area (Å²) in [6.07, 6.45) is 0. The summed E-state index contributed by atoms with van der Waals surface area (Å²) in [7, 11) is 1.82. The van der Waals surface area contributed by atoms with E-state index in [1.165, 1.54) is 0 Å². The van der Waals surface area contributed by atoms with E-state index in [-0.39, 0.29) is 18.5 Å². The average Bonchev–Trinajstić information content (AvgIpc) is 3.29. The largest absolute Gasteiger partial charge is 0.419 e. The summed E-state index contributed by atoms with van der Waals surface area (Å²) in [5.74, 6) is 0.517. The Bertz CT molecular complexity index is 1280. The third-order valence-electron chi connectivity index (χ3n) is 5.09. The average molecular weight is 439 g/mol. The van der Waals surface area contributed by atoms with Crippen LogP contribution in [-0.4, -0.2) is 41.8 Å². The Morgan fingerprint density at radius 1 is 1.23 bits per heavy atom. The van der Waals surface area contributed by atoms with E-state index >= 15 is 0 Å². The van der Waals surface area contributed by atoms with Crippen LogP contribution in [0, 0.1) is 13.8 Å². The molecule has 9 heteroatoms. The molecule has 0 bridgehead atoms. The minimum Gasteiger partial charge on any atom is -0.419 e. The van der Waals surface area contributed by atoms with Gasteiger partial charge in [0.05, 0.1) is 33.8 Å². The first kappa shape index (κ1) is 21.0. The zero-order valence-corrected chi connectivity index (χ0v) is 18.8. The molecule has 1 amide bonds. The maximum Gasteiger partial charge on any atom is 0.255 e. The van der Waals surface area contributed by atoms with Crippen LogP contribution in [0.25, 0.3) is 22.5 Å². The SMILES string of the molecule is Cc1cc(C(=O)N(Cc2nnc(-c3ccccc3Cl)o2)C(C)C)c2c(C)nn(C)c2n1. The lowest BCUT2D eigenvalue weighted by molar-refractivity contribution is 0.0674. The van der Waals surface area contributed by atoms with E-state index in [0.29, 0.717) is 33.6 Å². The maximum atomic E-state index is 13.6. The molecule has 0 aliphatic heterocycles. The van der Waals surface area contributed by atoms with Crippen LogP contribution in [0.4, 0.5) is 0 Å². The smallest absolute Gasteiger partial charge is 0.255 e. The van der Waals surface area contributed by atoms with Crippen molar-refractivity contribution in [3.63, 3.8) is 0 Å². The molecule has 0 spiro atoms. The van der Waals surface area contributed by atoms with E-state index in [9.17, 15) is 4.79 Å². The van der Waals surface area contributed by atoms with Crippen molar-refractivity contribution in [2.75, 3.05) is 0 Å². The van der Waals surface area contributed by atoms with Crippen molar-refractivity contribution in [2.24, 2.45) is 7.05 Å². The van der Waals surface area contributed by atoms with Gasteiger partial charge in [0, 0.05) is 18.8 Å². The number of pyridine rings is 1. The highest BCUT2D eigenvalue weighted by molar-refractivity contribution is 6.33. The summed E-state index contributed by atoms with van der Waals surface area (Å²) in [6.45, 7) is 7.82. The number of carbonyl (C=O) groups excluding carboxylic acids is 1. The number of fused-ring (bicyclic) bond motifs is 1. The third-order valence-corrected chi connectivity index (χ3v) is 5.42. The second kappa shape index (κ2) is 8.11. The summed E-state index contributed by atoms with van der Waals surface area (Å²) in [5.41, 5.74) is 3.41. The van der Waals surface area contributed by atoms with Gasteiger partial charge >= 0.3 is 0 Å². The first-order valence-electron chi connectivity index (χ1n) is 9.95. The molecule has 3 heterocycles. The molecule has 4 rings (SSSR count). The second-order valence-electron chi connectivity index (χ2n) is 7.73. The predicted molar refractivity (Wildman–Crippen MR) is 118 cm³/mol. The molecular formula is C22H23ClN6O2. The van der Waals surface area contributed by atoms with E-state index in [2.05, 4.69) is 20.3 Å². The Morgan fingerprint density at radius 3 is 2.68 bits per heavy atom. The van der Waals surface area contributed by atoms with Crippen LogP contribution in [0.2, 0.25) is 5.02 Å². The van der Waals surface area contributed by atoms with Crippen molar-refractivity contribution in [1.29, 1.82) is 0 Å². The maximum absolute atomic E-state index is 13.6. The summed E-state index contributed by atoms with van der Waals surface area (Å²) in [6, 6.07) is 8.97. The van der Waals surface area contributed by atoms with E-state index in [0.717, 1.165) is 16.8 Å². The molecule has 0 atom stereocenters. The van der Waals surface area contributed by atoms with Gasteiger partial charge < -0.3 is 9.32 Å². The first-order valence-corrected chi connectivity index (χ1v) is 10.3. The van der Waals surface area contributed by atoms with Gasteiger partial charge in [0.1, 0.15) is 0 Å². The number of halogens is 1. The number of benzene rings is 1. The van der Waals surface area contributed by atoms with Gasteiger partial charge in [-0.05, 0) is 45.9 Å². The van der Waals surface area contributed by atoms with Gasteiger partial charge in [-0.3, -0.25) is 9.48 Å². The molecule has 1 aromatic carbocycles. The molecule has 160 valence electrons. The third kappa shape index (κ3) is 3.90. The quantitative estimate of drug-likeness (QED) is 0.460. The number of aryl methyl sites for hydroxylation is 3. The van der Waals surface area contributed by atoms with Crippen LogP contribution in [0.3, 0.4) is 0 Å². The van der Waals surface area contributed by atoms with Gasteiger partial charge in [0.15, 0.2) is 5.65 Å². The molecule has 0 aliphatic carbocycles. The first-order chi connectivity index (χ1) is 14.8. The lowest BCUT2D eigenvalue weighted by Gasteiger charge is -2.25. The Hall–Kier alpha value is -3.26. The summed E-state index contributed by atoms with van der Waals surface area (Å²) in [4.78, 5) is 19.8. The number of carbonyl (C=O) groups is 1. The predicted octanol–water partition coefficient (Wildman–Crippen LogP) is 4.34. The normalized spacial score (nSPS) is 11.5. The molecule has 4 aromatic rings. The topological polar surface area (TPSA) is 89.9 Å². The molecule has 0 unspecified atom stereocenters. The van der Waals surface area contributed by atoms with E-state index < -0.39 is 0 Å². The molecule has 0 saturated heterocycles. The molecular weight excluding hydrogens is 416 g/mol. The number of rotatable bonds is 5.